The number of fused-ring (bicyclic) bond motifs is 1. The van der Waals surface area contributed by atoms with Crippen LogP contribution in [0.5, 0.6) is 5.75 Å². The number of amides is 2. The molecule has 2 aromatic rings. The van der Waals surface area contributed by atoms with Crippen molar-refractivity contribution in [2.75, 3.05) is 18.9 Å². The molecule has 2 aromatic carbocycles. The van der Waals surface area contributed by atoms with Gasteiger partial charge in [0.25, 0.3) is 11.8 Å². The Morgan fingerprint density at radius 1 is 1.06 bits per heavy atom. The average Bonchev–Trinajstić information content (AvgIpc) is 3.60. The van der Waals surface area contributed by atoms with Gasteiger partial charge in [-0.1, -0.05) is 30.7 Å². The number of hydrogen-bond donors (Lipinski definition) is 1. The highest BCUT2D eigenvalue weighted by molar-refractivity contribution is 7.83. The lowest BCUT2D eigenvalue weighted by Crippen LogP contribution is -2.30. The van der Waals surface area contributed by atoms with Crippen molar-refractivity contribution in [2.24, 2.45) is 5.92 Å². The van der Waals surface area contributed by atoms with E-state index < -0.39 is 22.8 Å². The van der Waals surface area contributed by atoms with Crippen molar-refractivity contribution >= 4 is 22.8 Å². The van der Waals surface area contributed by atoms with Gasteiger partial charge < -0.3 is 4.74 Å². The topological polar surface area (TPSA) is 75.7 Å². The number of unbranched alkanes of at least 4 members (excludes halogenated alkanes) is 2. The maximum atomic E-state index is 14.8. The van der Waals surface area contributed by atoms with Crippen molar-refractivity contribution in [3.05, 3.63) is 65.0 Å². The molecule has 6 nitrogen and oxygen atoms in total. The van der Waals surface area contributed by atoms with E-state index in [1.165, 1.54) is 4.90 Å². The summed E-state index contributed by atoms with van der Waals surface area (Å²) in [5.41, 5.74) is 1.34. The Labute approximate surface area is 196 Å². The summed E-state index contributed by atoms with van der Waals surface area (Å²) in [4.78, 5) is 26.0. The fourth-order valence-corrected chi connectivity index (χ4v) is 5.01. The Kier molecular flexibility index (Phi) is 7.55. The second-order valence-electron chi connectivity index (χ2n) is 8.67. The van der Waals surface area contributed by atoms with E-state index in [4.69, 9.17) is 4.74 Å². The quantitative estimate of drug-likeness (QED) is 0.367. The van der Waals surface area contributed by atoms with Crippen LogP contribution >= 0.6 is 0 Å². The first-order chi connectivity index (χ1) is 16.0. The van der Waals surface area contributed by atoms with Crippen LogP contribution in [0.25, 0.3) is 0 Å². The van der Waals surface area contributed by atoms with Gasteiger partial charge >= 0.3 is 0 Å². The number of halogens is 1. The molecule has 1 unspecified atom stereocenters. The van der Waals surface area contributed by atoms with Gasteiger partial charge in [0.2, 0.25) is 0 Å². The molecule has 2 aliphatic rings. The summed E-state index contributed by atoms with van der Waals surface area (Å²) >= 11 is 0. The predicted octanol–water partition coefficient (Wildman–Crippen LogP) is 4.40. The van der Waals surface area contributed by atoms with Gasteiger partial charge in [0.1, 0.15) is 0 Å². The van der Waals surface area contributed by atoms with Crippen LogP contribution in [0.2, 0.25) is 0 Å². The maximum absolute atomic E-state index is 14.8. The SMILES string of the molecule is C[C@H](NS(=O)CCCCCN1C(=O)c2ccccc2C1=O)c1cccc(OCC2CC2)c1F. The van der Waals surface area contributed by atoms with Gasteiger partial charge in [-0.15, -0.1) is 0 Å². The lowest BCUT2D eigenvalue weighted by atomic mass is 10.1. The van der Waals surface area contributed by atoms with Crippen LogP contribution in [0, 0.1) is 11.7 Å². The van der Waals surface area contributed by atoms with Crippen molar-refractivity contribution < 1.29 is 22.9 Å². The van der Waals surface area contributed by atoms with E-state index in [-0.39, 0.29) is 17.6 Å². The summed E-state index contributed by atoms with van der Waals surface area (Å²) < 4.78 is 35.8. The third-order valence-corrected chi connectivity index (χ3v) is 7.30. The number of nitrogens with one attached hydrogen (secondary N) is 1. The van der Waals surface area contributed by atoms with Gasteiger partial charge in [-0.25, -0.2) is 13.3 Å². The molecule has 4 rings (SSSR count). The zero-order chi connectivity index (χ0) is 23.4. The highest BCUT2D eigenvalue weighted by atomic mass is 32.2. The van der Waals surface area contributed by atoms with Crippen LogP contribution in [0.1, 0.15) is 71.3 Å². The van der Waals surface area contributed by atoms with Crippen LogP contribution in [0.15, 0.2) is 42.5 Å². The highest BCUT2D eigenvalue weighted by Gasteiger charge is 2.34. The fraction of sp³-hybridized carbons (Fsp3) is 0.440. The first-order valence-corrected chi connectivity index (χ1v) is 12.8. The molecular formula is C25H29FN2O4S. The van der Waals surface area contributed by atoms with Gasteiger partial charge in [0, 0.05) is 23.9 Å². The number of nitrogens with zero attached hydrogens (tertiary/aromatic N) is 1. The van der Waals surface area contributed by atoms with E-state index in [1.54, 1.807) is 49.4 Å². The monoisotopic (exact) mass is 472 g/mol. The molecule has 1 fully saturated rings. The van der Waals surface area contributed by atoms with E-state index in [2.05, 4.69) is 4.72 Å². The van der Waals surface area contributed by atoms with Crippen molar-refractivity contribution in [1.29, 1.82) is 0 Å². The molecule has 1 saturated carbocycles. The van der Waals surface area contributed by atoms with Gasteiger partial charge in [0.15, 0.2) is 11.6 Å². The Morgan fingerprint density at radius 2 is 1.76 bits per heavy atom. The number of ether oxygens (including phenoxy) is 1. The molecule has 1 heterocycles. The van der Waals surface area contributed by atoms with E-state index >= 15 is 0 Å². The van der Waals surface area contributed by atoms with E-state index in [0.29, 0.717) is 54.4 Å². The van der Waals surface area contributed by atoms with Crippen molar-refractivity contribution in [3.8, 4) is 5.75 Å². The van der Waals surface area contributed by atoms with Crippen LogP contribution in [0.3, 0.4) is 0 Å². The lowest BCUT2D eigenvalue weighted by Gasteiger charge is -2.17. The minimum absolute atomic E-state index is 0.243. The summed E-state index contributed by atoms with van der Waals surface area (Å²) in [6.07, 6.45) is 4.32. The molecular weight excluding hydrogens is 443 g/mol. The number of carbonyl (C=O) groups is 2. The lowest BCUT2D eigenvalue weighted by molar-refractivity contribution is 0.0651. The summed E-state index contributed by atoms with van der Waals surface area (Å²) in [7, 11) is -1.32. The van der Waals surface area contributed by atoms with Gasteiger partial charge in [-0.2, -0.15) is 0 Å². The molecule has 2 amide bonds. The maximum Gasteiger partial charge on any atom is 0.261 e. The van der Waals surface area contributed by atoms with Crippen LogP contribution in [0.4, 0.5) is 4.39 Å². The summed E-state index contributed by atoms with van der Waals surface area (Å²) in [5.74, 6) is 0.280. The average molecular weight is 473 g/mol. The summed E-state index contributed by atoms with van der Waals surface area (Å²) in [6.45, 7) is 2.67. The number of rotatable bonds is 12. The molecule has 0 spiro atoms. The Bertz CT molecular complexity index is 1020. The van der Waals surface area contributed by atoms with Gasteiger partial charge in [-0.3, -0.25) is 14.5 Å². The van der Waals surface area contributed by atoms with Crippen LogP contribution in [-0.2, 0) is 11.0 Å². The second-order valence-corrected chi connectivity index (χ2v) is 10.0. The number of hydrogen-bond acceptors (Lipinski definition) is 4. The molecule has 1 aliphatic heterocycles. The fourth-order valence-electron chi connectivity index (χ4n) is 3.91. The molecule has 0 saturated heterocycles. The molecule has 0 radical (unpaired) electrons. The summed E-state index contributed by atoms with van der Waals surface area (Å²) in [5, 5.41) is 0. The Hall–Kier alpha value is -2.58. The minimum Gasteiger partial charge on any atom is -0.490 e. The van der Waals surface area contributed by atoms with Gasteiger partial charge in [0.05, 0.1) is 28.7 Å². The Balaban J connectivity index is 1.18. The smallest absolute Gasteiger partial charge is 0.261 e. The number of carbonyl (C=O) groups excluding carboxylic acids is 2. The molecule has 1 aliphatic carbocycles. The molecule has 0 aromatic heterocycles. The predicted molar refractivity (Wildman–Crippen MR) is 125 cm³/mol. The van der Waals surface area contributed by atoms with E-state index in [1.807, 2.05) is 0 Å². The number of benzene rings is 2. The van der Waals surface area contributed by atoms with Crippen molar-refractivity contribution in [2.45, 2.75) is 45.1 Å². The van der Waals surface area contributed by atoms with E-state index in [9.17, 15) is 18.2 Å². The Morgan fingerprint density at radius 3 is 2.42 bits per heavy atom. The first-order valence-electron chi connectivity index (χ1n) is 11.5. The zero-order valence-corrected chi connectivity index (χ0v) is 19.5. The van der Waals surface area contributed by atoms with Crippen LogP contribution < -0.4 is 9.46 Å². The van der Waals surface area contributed by atoms with Crippen LogP contribution in [-0.4, -0.2) is 39.8 Å². The summed E-state index contributed by atoms with van der Waals surface area (Å²) in [6, 6.07) is 11.5. The van der Waals surface area contributed by atoms with Crippen molar-refractivity contribution in [1.82, 2.24) is 9.62 Å². The van der Waals surface area contributed by atoms with Crippen molar-refractivity contribution in [3.63, 3.8) is 0 Å². The molecule has 176 valence electrons. The van der Waals surface area contributed by atoms with E-state index in [0.717, 1.165) is 19.3 Å². The molecule has 0 bridgehead atoms. The molecule has 8 heteroatoms. The number of imide groups is 1. The molecule has 1 N–H and O–H groups in total. The largest absolute Gasteiger partial charge is 0.490 e. The zero-order valence-electron chi connectivity index (χ0n) is 18.7. The standard InChI is InChI=1S/C25H29FN2O4S/c1-17(19-10-7-11-22(23(19)26)32-16-18-12-13-18)27-33(31)15-6-2-5-14-28-24(29)20-8-3-4-9-21(20)25(28)30/h3-4,7-11,17-18,27H,2,5-6,12-16H2,1H3/t17-,33?/m0/s1. The first kappa shape index (κ1) is 23.6. The third kappa shape index (κ3) is 5.68. The van der Waals surface area contributed by atoms with Gasteiger partial charge in [-0.05, 0) is 56.7 Å². The second kappa shape index (κ2) is 10.6. The molecule has 33 heavy (non-hydrogen) atoms. The normalized spacial score (nSPS) is 17.2. The minimum atomic E-state index is -1.32. The molecule has 2 atom stereocenters. The highest BCUT2D eigenvalue weighted by Crippen LogP contribution is 2.31. The third-order valence-electron chi connectivity index (χ3n) is 6.03.